The van der Waals surface area contributed by atoms with Crippen molar-refractivity contribution in [3.63, 3.8) is 0 Å². The minimum absolute atomic E-state index is 0.0241. The number of nitrogens with zero attached hydrogens (tertiary/aromatic N) is 3. The molecule has 2 aromatic rings. The Labute approximate surface area is 263 Å². The van der Waals surface area contributed by atoms with Gasteiger partial charge in [0.2, 0.25) is 17.7 Å². The molecule has 0 bridgehead atoms. The zero-order chi connectivity index (χ0) is 33.5. The van der Waals surface area contributed by atoms with Crippen LogP contribution >= 0.6 is 0 Å². The van der Waals surface area contributed by atoms with Gasteiger partial charge in [-0.25, -0.2) is 4.98 Å². The largest absolute Gasteiger partial charge is 0.552 e. The molecule has 0 aliphatic carbocycles. The molecule has 1 aromatic heterocycles. The first kappa shape index (κ1) is 35.2. The van der Waals surface area contributed by atoms with Gasteiger partial charge < -0.3 is 34.8 Å². The summed E-state index contributed by atoms with van der Waals surface area (Å²) in [7, 11) is 4.72. The Morgan fingerprint density at radius 2 is 1.51 bits per heavy atom. The second kappa shape index (κ2) is 15.1. The lowest BCUT2D eigenvalue weighted by molar-refractivity contribution is -0.153. The van der Waals surface area contributed by atoms with Gasteiger partial charge in [-0.15, -0.1) is 0 Å². The fourth-order valence-electron chi connectivity index (χ4n) is 4.74. The molecule has 2 heterocycles. The summed E-state index contributed by atoms with van der Waals surface area (Å²) >= 11 is 0. The predicted molar refractivity (Wildman–Crippen MR) is 166 cm³/mol. The standard InChI is InChI=1S/C31H42BN5O8/c1-19(2)16-24(32-44-30(43)31(45-32,17-25(39)36(4)5)18-26(40)37(6)7)34-29(42)27(20(3)38)35-28(41)23-15-11-14-22(33-23)21-12-9-8-10-13-21/h8-15,19-20,24,27,38H,16-18H2,1-7H3,(H,34,42)(H,35,41)/t20-,24+,27+/m1/s1. The van der Waals surface area contributed by atoms with Gasteiger partial charge in [-0.1, -0.05) is 50.2 Å². The molecule has 1 aromatic carbocycles. The van der Waals surface area contributed by atoms with E-state index in [9.17, 15) is 29.1 Å². The molecule has 0 spiro atoms. The number of pyridine rings is 1. The van der Waals surface area contributed by atoms with Crippen molar-refractivity contribution in [3.8, 4) is 11.3 Å². The smallest absolute Gasteiger partial charge is 0.506 e. The highest BCUT2D eigenvalue weighted by Crippen LogP contribution is 2.33. The molecule has 3 atom stereocenters. The zero-order valence-electron chi connectivity index (χ0n) is 26.8. The van der Waals surface area contributed by atoms with E-state index in [0.29, 0.717) is 5.69 Å². The van der Waals surface area contributed by atoms with Crippen LogP contribution in [-0.2, 0) is 28.5 Å². The highest BCUT2D eigenvalue weighted by molar-refractivity contribution is 6.52. The van der Waals surface area contributed by atoms with Crippen LogP contribution in [0.1, 0.15) is 50.5 Å². The number of amides is 4. The molecular weight excluding hydrogens is 581 g/mol. The van der Waals surface area contributed by atoms with Crippen LogP contribution in [0.2, 0.25) is 0 Å². The minimum atomic E-state index is -1.90. The van der Waals surface area contributed by atoms with Crippen LogP contribution in [0.5, 0.6) is 0 Å². The van der Waals surface area contributed by atoms with E-state index in [1.165, 1.54) is 51.0 Å². The second-order valence-corrected chi connectivity index (χ2v) is 12.0. The van der Waals surface area contributed by atoms with Gasteiger partial charge in [-0.3, -0.25) is 24.0 Å². The molecule has 1 aliphatic rings. The molecule has 13 nitrogen and oxygen atoms in total. The topological polar surface area (TPSA) is 167 Å². The van der Waals surface area contributed by atoms with Crippen molar-refractivity contribution in [3.05, 3.63) is 54.2 Å². The number of aromatic nitrogens is 1. The summed E-state index contributed by atoms with van der Waals surface area (Å²) in [5.74, 6) is -4.20. The highest BCUT2D eigenvalue weighted by Gasteiger charge is 2.58. The van der Waals surface area contributed by atoms with Crippen LogP contribution < -0.4 is 10.6 Å². The molecular formula is C31H42BN5O8. The summed E-state index contributed by atoms with van der Waals surface area (Å²) in [6, 6.07) is 12.8. The average molecular weight is 624 g/mol. The third kappa shape index (κ3) is 9.11. The lowest BCUT2D eigenvalue weighted by atomic mass is 9.73. The van der Waals surface area contributed by atoms with Crippen molar-refractivity contribution < 1.29 is 38.4 Å². The fraction of sp³-hybridized carbons (Fsp3) is 0.484. The summed E-state index contributed by atoms with van der Waals surface area (Å²) < 4.78 is 11.6. The van der Waals surface area contributed by atoms with Crippen molar-refractivity contribution in [1.82, 2.24) is 25.4 Å². The van der Waals surface area contributed by atoms with Gasteiger partial charge in [-0.05, 0) is 31.4 Å². The van der Waals surface area contributed by atoms with Crippen LogP contribution in [0.3, 0.4) is 0 Å². The Kier molecular flexibility index (Phi) is 11.8. The number of carbonyl (C=O) groups is 5. The number of carbonyl (C=O) groups excluding carboxylic acids is 5. The number of aliphatic hydroxyl groups is 1. The fourth-order valence-corrected chi connectivity index (χ4v) is 4.74. The van der Waals surface area contributed by atoms with E-state index in [0.717, 1.165) is 5.56 Å². The van der Waals surface area contributed by atoms with Gasteiger partial charge in [0.1, 0.15) is 11.7 Å². The summed E-state index contributed by atoms with van der Waals surface area (Å²) in [6.45, 7) is 5.12. The van der Waals surface area contributed by atoms with Gasteiger partial charge >= 0.3 is 13.1 Å². The number of benzene rings is 1. The molecule has 1 aliphatic heterocycles. The van der Waals surface area contributed by atoms with Gasteiger partial charge in [0.25, 0.3) is 5.91 Å². The normalized spacial score (nSPS) is 15.9. The molecule has 0 saturated carbocycles. The van der Waals surface area contributed by atoms with Crippen molar-refractivity contribution in [2.24, 2.45) is 5.92 Å². The molecule has 45 heavy (non-hydrogen) atoms. The van der Waals surface area contributed by atoms with Crippen molar-refractivity contribution in [2.45, 2.75) is 63.7 Å². The Morgan fingerprint density at radius 3 is 2.04 bits per heavy atom. The molecule has 14 heteroatoms. The SMILES string of the molecule is CC(C)C[C@H](NC(=O)[C@@H](NC(=O)c1cccc(-c2ccccc2)n1)[C@@H](C)O)B1OC(=O)C(CC(=O)N(C)C)(CC(=O)N(C)C)O1. The first-order chi connectivity index (χ1) is 21.1. The second-order valence-electron chi connectivity index (χ2n) is 12.0. The Hall–Kier alpha value is -4.30. The van der Waals surface area contributed by atoms with Gasteiger partial charge in [-0.2, -0.15) is 0 Å². The van der Waals surface area contributed by atoms with Gasteiger partial charge in [0, 0.05) is 33.8 Å². The van der Waals surface area contributed by atoms with Gasteiger partial charge in [0.05, 0.1) is 30.6 Å². The number of rotatable bonds is 13. The lowest BCUT2D eigenvalue weighted by Crippen LogP contribution is -2.58. The summed E-state index contributed by atoms with van der Waals surface area (Å²) in [5, 5.41) is 15.8. The first-order valence-electron chi connectivity index (χ1n) is 14.7. The van der Waals surface area contributed by atoms with Crippen molar-refractivity contribution in [2.75, 3.05) is 28.2 Å². The third-order valence-electron chi connectivity index (χ3n) is 7.29. The van der Waals surface area contributed by atoms with Gasteiger partial charge in [0.15, 0.2) is 5.60 Å². The molecule has 242 valence electrons. The van der Waals surface area contributed by atoms with Crippen molar-refractivity contribution >= 4 is 36.7 Å². The van der Waals surface area contributed by atoms with E-state index < -0.39 is 73.2 Å². The summed E-state index contributed by atoms with van der Waals surface area (Å²) in [4.78, 5) is 72.3. The predicted octanol–water partition coefficient (Wildman–Crippen LogP) is 1.05. The van der Waals surface area contributed by atoms with Crippen molar-refractivity contribution in [1.29, 1.82) is 0 Å². The third-order valence-corrected chi connectivity index (χ3v) is 7.29. The molecule has 1 fully saturated rings. The summed E-state index contributed by atoms with van der Waals surface area (Å²) in [5.41, 5.74) is -0.499. The van der Waals surface area contributed by atoms with E-state index in [4.69, 9.17) is 9.31 Å². The van der Waals surface area contributed by atoms with E-state index in [1.54, 1.807) is 12.1 Å². The van der Waals surface area contributed by atoms with E-state index >= 15 is 0 Å². The maximum Gasteiger partial charge on any atom is 0.552 e. The Morgan fingerprint density at radius 1 is 0.911 bits per heavy atom. The van der Waals surface area contributed by atoms with Crippen LogP contribution in [-0.4, -0.2) is 108 Å². The lowest BCUT2D eigenvalue weighted by Gasteiger charge is -2.29. The maximum atomic E-state index is 13.5. The maximum absolute atomic E-state index is 13.5. The van der Waals surface area contributed by atoms with Crippen LogP contribution in [0.15, 0.2) is 48.5 Å². The monoisotopic (exact) mass is 623 g/mol. The number of aliphatic hydroxyl groups excluding tert-OH is 1. The molecule has 4 amide bonds. The van der Waals surface area contributed by atoms with E-state index in [1.807, 2.05) is 44.2 Å². The molecule has 3 N–H and O–H groups in total. The molecule has 3 rings (SSSR count). The number of hydrogen-bond donors (Lipinski definition) is 3. The van der Waals surface area contributed by atoms with E-state index in [2.05, 4.69) is 15.6 Å². The van der Waals surface area contributed by atoms with E-state index in [-0.39, 0.29) is 18.0 Å². The number of hydrogen-bond acceptors (Lipinski definition) is 9. The highest BCUT2D eigenvalue weighted by atomic mass is 16.7. The summed E-state index contributed by atoms with van der Waals surface area (Å²) in [6.07, 6.45) is -1.94. The molecule has 1 saturated heterocycles. The minimum Gasteiger partial charge on any atom is -0.506 e. The Bertz CT molecular complexity index is 1360. The average Bonchev–Trinajstić information content (AvgIpc) is 3.30. The number of nitrogens with one attached hydrogen (secondary N) is 2. The quantitative estimate of drug-likeness (QED) is 0.277. The van der Waals surface area contributed by atoms with Crippen LogP contribution in [0.25, 0.3) is 11.3 Å². The van der Waals surface area contributed by atoms with Crippen LogP contribution in [0, 0.1) is 5.92 Å². The first-order valence-corrected chi connectivity index (χ1v) is 14.7. The Balaban J connectivity index is 1.83. The molecule has 0 unspecified atom stereocenters. The molecule has 0 radical (unpaired) electrons. The zero-order valence-corrected chi connectivity index (χ0v) is 26.8. The van der Waals surface area contributed by atoms with Crippen LogP contribution in [0.4, 0.5) is 0 Å².